The van der Waals surface area contributed by atoms with Crippen molar-refractivity contribution in [2.45, 2.75) is 4.90 Å². The van der Waals surface area contributed by atoms with Crippen molar-refractivity contribution in [1.82, 2.24) is 0 Å². The third kappa shape index (κ3) is 3.34. The predicted molar refractivity (Wildman–Crippen MR) is 79.7 cm³/mol. The summed E-state index contributed by atoms with van der Waals surface area (Å²) in [6, 6.07) is 15.6. The largest absolute Gasteiger partial charge is 0.245 e. The van der Waals surface area contributed by atoms with Gasteiger partial charge in [0.1, 0.15) is 0 Å². The van der Waals surface area contributed by atoms with Gasteiger partial charge in [-0.15, -0.1) is 0 Å². The molecular formula is C14H9IO2S. The van der Waals surface area contributed by atoms with Gasteiger partial charge in [0.2, 0.25) is 9.84 Å². The minimum atomic E-state index is -3.53. The summed E-state index contributed by atoms with van der Waals surface area (Å²) in [6.45, 7) is 0. The van der Waals surface area contributed by atoms with Crippen LogP contribution in [0.3, 0.4) is 0 Å². The molecule has 4 heteroatoms. The van der Waals surface area contributed by atoms with Gasteiger partial charge in [-0.1, -0.05) is 18.2 Å². The molecule has 0 aliphatic heterocycles. The molecule has 0 unspecified atom stereocenters. The maximum absolute atomic E-state index is 11.9. The summed E-state index contributed by atoms with van der Waals surface area (Å²) in [6.07, 6.45) is 0. The Kier molecular flexibility index (Phi) is 4.04. The molecule has 0 atom stereocenters. The second-order valence-corrected chi connectivity index (χ2v) is 6.48. The lowest BCUT2D eigenvalue weighted by Gasteiger charge is -1.95. The van der Waals surface area contributed by atoms with Crippen molar-refractivity contribution in [2.75, 3.05) is 0 Å². The monoisotopic (exact) mass is 368 g/mol. The zero-order chi connectivity index (χ0) is 13.0. The second-order valence-electron chi connectivity index (χ2n) is 3.55. The molecule has 0 saturated heterocycles. The summed E-state index contributed by atoms with van der Waals surface area (Å²) in [5.74, 6) is 2.67. The molecule has 0 heterocycles. The van der Waals surface area contributed by atoms with Crippen LogP contribution in [-0.4, -0.2) is 8.42 Å². The number of hydrogen-bond donors (Lipinski definition) is 0. The minimum Gasteiger partial charge on any atom is -0.210 e. The molecule has 90 valence electrons. The van der Waals surface area contributed by atoms with Crippen LogP contribution >= 0.6 is 22.6 Å². The highest BCUT2D eigenvalue weighted by Crippen LogP contribution is 2.10. The van der Waals surface area contributed by atoms with Crippen LogP contribution in [-0.2, 0) is 9.84 Å². The maximum Gasteiger partial charge on any atom is 0.245 e. The highest BCUT2D eigenvalue weighted by molar-refractivity contribution is 14.1. The van der Waals surface area contributed by atoms with Gasteiger partial charge in [0.15, 0.2) is 0 Å². The van der Waals surface area contributed by atoms with Crippen LogP contribution in [0.1, 0.15) is 5.56 Å². The Morgan fingerprint density at radius 1 is 0.889 bits per heavy atom. The highest BCUT2D eigenvalue weighted by atomic mass is 127. The Balaban J connectivity index is 2.33. The van der Waals surface area contributed by atoms with Gasteiger partial charge in [0.05, 0.1) is 4.90 Å². The van der Waals surface area contributed by atoms with E-state index in [-0.39, 0.29) is 4.90 Å². The van der Waals surface area contributed by atoms with Gasteiger partial charge < -0.3 is 0 Å². The third-order valence-electron chi connectivity index (χ3n) is 2.23. The first-order chi connectivity index (χ1) is 8.58. The van der Waals surface area contributed by atoms with Crippen LogP contribution in [0.25, 0.3) is 0 Å². The average Bonchev–Trinajstić information content (AvgIpc) is 2.39. The van der Waals surface area contributed by atoms with Crippen molar-refractivity contribution in [3.63, 3.8) is 0 Å². The van der Waals surface area contributed by atoms with Crippen LogP contribution in [0.5, 0.6) is 0 Å². The molecule has 0 aliphatic carbocycles. The summed E-state index contributed by atoms with van der Waals surface area (Å²) in [4.78, 5) is 0.225. The van der Waals surface area contributed by atoms with E-state index >= 15 is 0 Å². The van der Waals surface area contributed by atoms with Crippen molar-refractivity contribution in [3.8, 4) is 11.2 Å². The van der Waals surface area contributed by atoms with E-state index in [4.69, 9.17) is 0 Å². The van der Waals surface area contributed by atoms with E-state index in [1.165, 1.54) is 12.1 Å². The first kappa shape index (κ1) is 13.1. The van der Waals surface area contributed by atoms with Crippen molar-refractivity contribution in [3.05, 3.63) is 63.7 Å². The van der Waals surface area contributed by atoms with Gasteiger partial charge in [-0.05, 0) is 64.9 Å². The molecule has 2 rings (SSSR count). The first-order valence-corrected chi connectivity index (χ1v) is 7.72. The quantitative estimate of drug-likeness (QED) is 0.573. The van der Waals surface area contributed by atoms with Crippen LogP contribution in [0.4, 0.5) is 0 Å². The molecule has 0 aromatic heterocycles. The van der Waals surface area contributed by atoms with E-state index in [1.807, 2.05) is 12.1 Å². The zero-order valence-electron chi connectivity index (χ0n) is 9.30. The molecule has 0 amide bonds. The number of halogens is 1. The number of rotatable bonds is 1. The van der Waals surface area contributed by atoms with Crippen molar-refractivity contribution in [2.24, 2.45) is 0 Å². The van der Waals surface area contributed by atoms with Crippen LogP contribution < -0.4 is 0 Å². The summed E-state index contributed by atoms with van der Waals surface area (Å²) < 4.78 is 24.9. The Morgan fingerprint density at radius 3 is 2.11 bits per heavy atom. The van der Waals surface area contributed by atoms with E-state index in [2.05, 4.69) is 33.8 Å². The Bertz CT molecular complexity index is 693. The molecule has 0 aliphatic rings. The molecule has 0 spiro atoms. The lowest BCUT2D eigenvalue weighted by molar-refractivity contribution is 0.606. The number of hydrogen-bond acceptors (Lipinski definition) is 2. The van der Waals surface area contributed by atoms with Gasteiger partial charge >= 0.3 is 0 Å². The molecule has 0 fully saturated rings. The van der Waals surface area contributed by atoms with Crippen LogP contribution in [0.2, 0.25) is 0 Å². The molecule has 0 bridgehead atoms. The van der Waals surface area contributed by atoms with Gasteiger partial charge in [-0.25, -0.2) is 8.42 Å². The normalized spacial score (nSPS) is 10.5. The summed E-state index contributed by atoms with van der Waals surface area (Å²) in [7, 11) is -3.53. The average molecular weight is 368 g/mol. The van der Waals surface area contributed by atoms with Gasteiger partial charge in [0, 0.05) is 14.4 Å². The highest BCUT2D eigenvalue weighted by Gasteiger charge is 2.08. The summed E-state index contributed by atoms with van der Waals surface area (Å²) >= 11 is 2.18. The first-order valence-electron chi connectivity index (χ1n) is 5.16. The molecule has 2 aromatic carbocycles. The van der Waals surface area contributed by atoms with Crippen LogP contribution in [0, 0.1) is 14.7 Å². The molecule has 0 radical (unpaired) electrons. The fourth-order valence-corrected chi connectivity index (χ4v) is 2.56. The smallest absolute Gasteiger partial charge is 0.210 e. The Hall–Kier alpha value is -1.32. The zero-order valence-corrected chi connectivity index (χ0v) is 12.3. The lowest BCUT2D eigenvalue weighted by atomic mass is 10.2. The Labute approximate surface area is 120 Å². The molecule has 18 heavy (non-hydrogen) atoms. The van der Waals surface area contributed by atoms with Crippen molar-refractivity contribution >= 4 is 32.4 Å². The van der Waals surface area contributed by atoms with E-state index in [9.17, 15) is 8.42 Å². The van der Waals surface area contributed by atoms with E-state index in [0.717, 1.165) is 3.57 Å². The van der Waals surface area contributed by atoms with Gasteiger partial charge in [-0.2, -0.15) is 0 Å². The van der Waals surface area contributed by atoms with E-state index in [0.29, 0.717) is 5.56 Å². The molecular weight excluding hydrogens is 359 g/mol. The number of benzene rings is 2. The Morgan fingerprint density at radius 2 is 1.50 bits per heavy atom. The standard InChI is InChI=1S/C14H9IO2S/c15-13-8-6-12(7-9-13)10-11-18(16,17)14-4-2-1-3-5-14/h1-9H. The molecule has 0 N–H and O–H groups in total. The SMILES string of the molecule is O=S(=O)(C#Cc1ccc(I)cc1)c1ccccc1. The molecule has 2 aromatic rings. The summed E-state index contributed by atoms with van der Waals surface area (Å²) in [5.41, 5.74) is 0.690. The minimum absolute atomic E-state index is 0.225. The third-order valence-corrected chi connectivity index (χ3v) is 4.21. The van der Waals surface area contributed by atoms with E-state index in [1.54, 1.807) is 30.3 Å². The second kappa shape index (κ2) is 5.55. The van der Waals surface area contributed by atoms with Gasteiger partial charge in [0.25, 0.3) is 0 Å². The maximum atomic E-state index is 11.9. The predicted octanol–water partition coefficient (Wildman–Crippen LogP) is 3.07. The van der Waals surface area contributed by atoms with Crippen molar-refractivity contribution in [1.29, 1.82) is 0 Å². The van der Waals surface area contributed by atoms with Gasteiger partial charge in [-0.3, -0.25) is 0 Å². The number of sulfone groups is 1. The fourth-order valence-electron chi connectivity index (χ4n) is 1.32. The molecule has 0 saturated carbocycles. The summed E-state index contributed by atoms with van der Waals surface area (Å²) in [5, 5.41) is 2.33. The van der Waals surface area contributed by atoms with E-state index < -0.39 is 9.84 Å². The topological polar surface area (TPSA) is 34.1 Å². The van der Waals surface area contributed by atoms with Crippen molar-refractivity contribution < 1.29 is 8.42 Å². The molecule has 2 nitrogen and oxygen atoms in total. The lowest BCUT2D eigenvalue weighted by Crippen LogP contribution is -1.96. The van der Waals surface area contributed by atoms with Crippen LogP contribution in [0.15, 0.2) is 59.5 Å². The fraction of sp³-hybridized carbons (Fsp3) is 0.